The zero-order valence-electron chi connectivity index (χ0n) is 20.3. The fourth-order valence-electron chi connectivity index (χ4n) is 3.93. The Balaban J connectivity index is 2.11. The SMILES string of the molecule is CCOC(=O)[C@@H](N(Cc1ccccc1)Cc1ccccc1)[C@@](O)(/C=C/c1ccc(Cl)cc1)C(=O)OC. The standard InChI is InChI=1S/C29H30ClNO5/c1-3-36-27(32)26(29(34,28(33)35-2)19-18-22-14-16-25(30)17-15-22)31(20-23-10-6-4-7-11-23)21-24-12-8-5-9-13-24/h4-19,26,34H,3,20-21H2,1-2H3/b19-18+/t26-,29+/m1/s1. The van der Waals surface area contributed by atoms with Gasteiger partial charge in [-0.15, -0.1) is 0 Å². The molecule has 0 aliphatic heterocycles. The number of halogens is 1. The number of benzene rings is 3. The number of ether oxygens (including phenoxy) is 2. The molecule has 0 bridgehead atoms. The lowest BCUT2D eigenvalue weighted by Crippen LogP contribution is -2.60. The fraction of sp³-hybridized carbons (Fsp3) is 0.241. The zero-order chi connectivity index (χ0) is 26.0. The number of carbonyl (C=O) groups is 2. The Morgan fingerprint density at radius 3 is 1.94 bits per heavy atom. The van der Waals surface area contributed by atoms with Gasteiger partial charge in [0.25, 0.3) is 0 Å². The number of methoxy groups -OCH3 is 1. The molecule has 0 saturated heterocycles. The van der Waals surface area contributed by atoms with E-state index < -0.39 is 23.6 Å². The summed E-state index contributed by atoms with van der Waals surface area (Å²) in [5.41, 5.74) is 0.139. The Bertz CT molecular complexity index is 1110. The minimum Gasteiger partial charge on any atom is -0.467 e. The number of carbonyl (C=O) groups excluding carboxylic acids is 2. The van der Waals surface area contributed by atoms with Gasteiger partial charge in [0.2, 0.25) is 5.60 Å². The Labute approximate surface area is 216 Å². The van der Waals surface area contributed by atoms with E-state index in [4.69, 9.17) is 21.1 Å². The van der Waals surface area contributed by atoms with Gasteiger partial charge in [-0.3, -0.25) is 9.69 Å². The first-order chi connectivity index (χ1) is 17.4. The van der Waals surface area contributed by atoms with Crippen LogP contribution < -0.4 is 0 Å². The molecule has 3 aromatic carbocycles. The van der Waals surface area contributed by atoms with Crippen molar-refractivity contribution < 1.29 is 24.2 Å². The molecule has 188 valence electrons. The summed E-state index contributed by atoms with van der Waals surface area (Å²) in [5, 5.41) is 12.4. The molecule has 0 aliphatic carbocycles. The molecule has 0 amide bonds. The van der Waals surface area contributed by atoms with Crippen LogP contribution >= 0.6 is 11.6 Å². The van der Waals surface area contributed by atoms with Crippen LogP contribution in [0.1, 0.15) is 23.6 Å². The van der Waals surface area contributed by atoms with Gasteiger partial charge in [0.15, 0.2) is 6.04 Å². The number of hydrogen-bond donors (Lipinski definition) is 1. The van der Waals surface area contributed by atoms with Crippen LogP contribution in [0, 0.1) is 0 Å². The Kier molecular flexibility index (Phi) is 9.82. The molecule has 0 aliphatic rings. The highest BCUT2D eigenvalue weighted by atomic mass is 35.5. The van der Waals surface area contributed by atoms with Crippen LogP contribution in [0.5, 0.6) is 0 Å². The van der Waals surface area contributed by atoms with E-state index in [0.29, 0.717) is 10.6 Å². The van der Waals surface area contributed by atoms with Crippen LogP contribution in [0.4, 0.5) is 0 Å². The molecule has 1 N–H and O–H groups in total. The summed E-state index contributed by atoms with van der Waals surface area (Å²) in [6.07, 6.45) is 2.84. The second-order valence-corrected chi connectivity index (χ2v) is 8.67. The maximum absolute atomic E-state index is 13.4. The van der Waals surface area contributed by atoms with E-state index in [0.717, 1.165) is 11.1 Å². The predicted molar refractivity (Wildman–Crippen MR) is 140 cm³/mol. The van der Waals surface area contributed by atoms with Crippen LogP contribution in [0.3, 0.4) is 0 Å². The third kappa shape index (κ3) is 7.04. The number of nitrogens with zero attached hydrogens (tertiary/aromatic N) is 1. The van der Waals surface area contributed by atoms with E-state index in [1.165, 1.54) is 13.2 Å². The summed E-state index contributed by atoms with van der Waals surface area (Å²) < 4.78 is 10.4. The normalized spacial score (nSPS) is 13.8. The Morgan fingerprint density at radius 2 is 1.47 bits per heavy atom. The van der Waals surface area contributed by atoms with Crippen molar-refractivity contribution in [2.45, 2.75) is 31.7 Å². The molecule has 0 fully saturated rings. The predicted octanol–water partition coefficient (Wildman–Crippen LogP) is 4.89. The highest BCUT2D eigenvalue weighted by Crippen LogP contribution is 2.27. The molecular weight excluding hydrogens is 478 g/mol. The van der Waals surface area contributed by atoms with Crippen LogP contribution in [0.2, 0.25) is 5.02 Å². The van der Waals surface area contributed by atoms with E-state index in [2.05, 4.69) is 0 Å². The van der Waals surface area contributed by atoms with E-state index >= 15 is 0 Å². The first-order valence-corrected chi connectivity index (χ1v) is 12.0. The molecule has 36 heavy (non-hydrogen) atoms. The lowest BCUT2D eigenvalue weighted by atomic mass is 9.90. The molecule has 0 saturated carbocycles. The van der Waals surface area contributed by atoms with Gasteiger partial charge in [-0.2, -0.15) is 0 Å². The summed E-state index contributed by atoms with van der Waals surface area (Å²) in [7, 11) is 1.17. The average Bonchev–Trinajstić information content (AvgIpc) is 2.89. The van der Waals surface area contributed by atoms with Crippen LogP contribution in [0.15, 0.2) is 91.0 Å². The first-order valence-electron chi connectivity index (χ1n) is 11.6. The molecule has 0 aromatic heterocycles. The van der Waals surface area contributed by atoms with E-state index in [-0.39, 0.29) is 19.7 Å². The third-order valence-corrected chi connectivity index (χ3v) is 5.91. The fourth-order valence-corrected chi connectivity index (χ4v) is 4.06. The zero-order valence-corrected chi connectivity index (χ0v) is 21.1. The van der Waals surface area contributed by atoms with Gasteiger partial charge in [0.05, 0.1) is 13.7 Å². The van der Waals surface area contributed by atoms with Gasteiger partial charge in [-0.25, -0.2) is 4.79 Å². The van der Waals surface area contributed by atoms with Gasteiger partial charge in [-0.1, -0.05) is 90.5 Å². The Morgan fingerprint density at radius 1 is 0.944 bits per heavy atom. The highest BCUT2D eigenvalue weighted by molar-refractivity contribution is 6.30. The molecule has 3 rings (SSSR count). The molecule has 2 atom stereocenters. The lowest BCUT2D eigenvalue weighted by Gasteiger charge is -2.38. The van der Waals surface area contributed by atoms with E-state index in [9.17, 15) is 14.7 Å². The van der Waals surface area contributed by atoms with E-state index in [1.807, 2.05) is 60.7 Å². The number of esters is 2. The van der Waals surface area contributed by atoms with Crippen molar-refractivity contribution in [1.82, 2.24) is 4.90 Å². The van der Waals surface area contributed by atoms with Crippen molar-refractivity contribution in [1.29, 1.82) is 0 Å². The van der Waals surface area contributed by atoms with Crippen molar-refractivity contribution in [3.8, 4) is 0 Å². The molecule has 6 nitrogen and oxygen atoms in total. The van der Waals surface area contributed by atoms with Crippen molar-refractivity contribution in [2.75, 3.05) is 13.7 Å². The second-order valence-electron chi connectivity index (χ2n) is 8.23. The summed E-state index contributed by atoms with van der Waals surface area (Å²) in [5.74, 6) is -1.71. The maximum Gasteiger partial charge on any atom is 0.344 e. The quantitative estimate of drug-likeness (QED) is 0.372. The summed E-state index contributed by atoms with van der Waals surface area (Å²) in [6.45, 7) is 2.30. The molecule has 0 heterocycles. The smallest absolute Gasteiger partial charge is 0.344 e. The summed E-state index contributed by atoms with van der Waals surface area (Å²) in [6, 6.07) is 24.5. The molecule has 0 radical (unpaired) electrons. The topological polar surface area (TPSA) is 76.1 Å². The summed E-state index contributed by atoms with van der Waals surface area (Å²) >= 11 is 5.98. The van der Waals surface area contributed by atoms with Gasteiger partial charge in [0, 0.05) is 18.1 Å². The van der Waals surface area contributed by atoms with Crippen molar-refractivity contribution in [3.63, 3.8) is 0 Å². The number of hydrogen-bond acceptors (Lipinski definition) is 6. The monoisotopic (exact) mass is 507 g/mol. The average molecular weight is 508 g/mol. The lowest BCUT2D eigenvalue weighted by molar-refractivity contribution is -0.176. The largest absolute Gasteiger partial charge is 0.467 e. The van der Waals surface area contributed by atoms with Crippen LogP contribution in [0.25, 0.3) is 6.08 Å². The van der Waals surface area contributed by atoms with Crippen LogP contribution in [-0.2, 0) is 32.2 Å². The summed E-state index contributed by atoms with van der Waals surface area (Å²) in [4.78, 5) is 28.2. The van der Waals surface area contributed by atoms with Gasteiger partial charge in [0.1, 0.15) is 0 Å². The van der Waals surface area contributed by atoms with Crippen molar-refractivity contribution in [3.05, 3.63) is 113 Å². The number of rotatable bonds is 11. The molecule has 0 unspecified atom stereocenters. The number of aliphatic hydroxyl groups is 1. The van der Waals surface area contributed by atoms with Crippen molar-refractivity contribution in [2.24, 2.45) is 0 Å². The minimum atomic E-state index is -2.34. The van der Waals surface area contributed by atoms with E-state index in [1.54, 1.807) is 42.2 Å². The molecule has 7 heteroatoms. The second kappa shape index (κ2) is 13.0. The molecule has 0 spiro atoms. The molecule has 3 aromatic rings. The minimum absolute atomic E-state index is 0.0813. The van der Waals surface area contributed by atoms with Crippen LogP contribution in [-0.4, -0.2) is 47.3 Å². The van der Waals surface area contributed by atoms with Crippen molar-refractivity contribution >= 4 is 29.6 Å². The molecular formula is C29H30ClNO5. The van der Waals surface area contributed by atoms with Gasteiger partial charge >= 0.3 is 11.9 Å². The Hall–Kier alpha value is -3.45. The van der Waals surface area contributed by atoms with Gasteiger partial charge < -0.3 is 14.6 Å². The first kappa shape index (κ1) is 27.1. The highest BCUT2D eigenvalue weighted by Gasteiger charge is 2.51. The van der Waals surface area contributed by atoms with Gasteiger partial charge in [-0.05, 0) is 41.8 Å². The third-order valence-electron chi connectivity index (χ3n) is 5.66. The maximum atomic E-state index is 13.4.